The lowest BCUT2D eigenvalue weighted by molar-refractivity contribution is 0.204. The Morgan fingerprint density at radius 1 is 1.08 bits per heavy atom. The molecule has 0 amide bonds. The number of methoxy groups -OCH3 is 1. The average molecular weight is 330 g/mol. The summed E-state index contributed by atoms with van der Waals surface area (Å²) in [5, 5.41) is 0. The summed E-state index contributed by atoms with van der Waals surface area (Å²) in [4.78, 5) is 2.35. The second kappa shape index (κ2) is 8.81. The average Bonchev–Trinajstić information content (AvgIpc) is 2.58. The van der Waals surface area contributed by atoms with Gasteiger partial charge in [0.1, 0.15) is 11.6 Å². The van der Waals surface area contributed by atoms with Crippen LogP contribution < -0.4 is 10.5 Å². The Labute approximate surface area is 144 Å². The van der Waals surface area contributed by atoms with Crippen LogP contribution in [-0.2, 0) is 6.54 Å². The first-order chi connectivity index (χ1) is 11.5. The lowest BCUT2D eigenvalue weighted by Crippen LogP contribution is -2.33. The lowest BCUT2D eigenvalue weighted by atomic mass is 10.0. The van der Waals surface area contributed by atoms with Crippen LogP contribution in [-0.4, -0.2) is 24.6 Å². The number of halogens is 1. The Hall–Kier alpha value is -1.91. The van der Waals surface area contributed by atoms with Gasteiger partial charge in [-0.15, -0.1) is 0 Å². The van der Waals surface area contributed by atoms with Gasteiger partial charge in [0.05, 0.1) is 7.11 Å². The van der Waals surface area contributed by atoms with Gasteiger partial charge in [-0.1, -0.05) is 36.4 Å². The van der Waals surface area contributed by atoms with Crippen molar-refractivity contribution in [3.63, 3.8) is 0 Å². The lowest BCUT2D eigenvalue weighted by Gasteiger charge is -2.28. The van der Waals surface area contributed by atoms with Gasteiger partial charge in [-0.25, -0.2) is 4.39 Å². The molecule has 0 spiro atoms. The highest BCUT2D eigenvalue weighted by atomic mass is 19.1. The number of ether oxygens (including phenoxy) is 1. The largest absolute Gasteiger partial charge is 0.496 e. The summed E-state index contributed by atoms with van der Waals surface area (Å²) in [5.74, 6) is 0.211. The van der Waals surface area contributed by atoms with Crippen LogP contribution in [0.25, 0.3) is 0 Å². The van der Waals surface area contributed by atoms with Crippen LogP contribution in [0.4, 0.5) is 4.39 Å². The summed E-state index contributed by atoms with van der Waals surface area (Å²) in [6.07, 6.45) is 0.669. The van der Waals surface area contributed by atoms with Crippen molar-refractivity contribution in [2.75, 3.05) is 13.7 Å². The molecule has 1 atom stereocenters. The molecule has 0 radical (unpaired) electrons. The topological polar surface area (TPSA) is 38.5 Å². The Balaban J connectivity index is 2.04. The molecule has 0 aromatic heterocycles. The van der Waals surface area contributed by atoms with E-state index in [1.54, 1.807) is 19.2 Å². The summed E-state index contributed by atoms with van der Waals surface area (Å²) in [6.45, 7) is 5.99. The van der Waals surface area contributed by atoms with Crippen LogP contribution >= 0.6 is 0 Å². The molecule has 24 heavy (non-hydrogen) atoms. The summed E-state index contributed by atoms with van der Waals surface area (Å²) in [6, 6.07) is 15.2. The number of rotatable bonds is 8. The van der Waals surface area contributed by atoms with Gasteiger partial charge in [0.15, 0.2) is 0 Å². The molecule has 0 bridgehead atoms. The van der Waals surface area contributed by atoms with Crippen molar-refractivity contribution in [2.24, 2.45) is 5.73 Å². The summed E-state index contributed by atoms with van der Waals surface area (Å²) < 4.78 is 19.4. The van der Waals surface area contributed by atoms with E-state index in [2.05, 4.69) is 30.9 Å². The molecular weight excluding hydrogens is 303 g/mol. The van der Waals surface area contributed by atoms with Gasteiger partial charge < -0.3 is 10.5 Å². The molecule has 0 fully saturated rings. The molecular formula is C20H27FN2O. The molecule has 0 saturated heterocycles. The van der Waals surface area contributed by atoms with Gasteiger partial charge in [0, 0.05) is 30.7 Å². The number of hydrogen-bond acceptors (Lipinski definition) is 3. The number of benzene rings is 2. The zero-order valence-corrected chi connectivity index (χ0v) is 14.7. The molecule has 2 aromatic carbocycles. The molecule has 4 heteroatoms. The van der Waals surface area contributed by atoms with Crippen LogP contribution in [0.5, 0.6) is 5.75 Å². The minimum atomic E-state index is -0.391. The number of hydrogen-bond donors (Lipinski definition) is 1. The van der Waals surface area contributed by atoms with E-state index < -0.39 is 6.04 Å². The first-order valence-electron chi connectivity index (χ1n) is 8.39. The van der Waals surface area contributed by atoms with Crippen molar-refractivity contribution in [3.05, 3.63) is 65.5 Å². The van der Waals surface area contributed by atoms with Crippen LogP contribution in [0, 0.1) is 5.82 Å². The maximum Gasteiger partial charge on any atom is 0.131 e. The number of nitrogens with two attached hydrogens (primary N) is 1. The van der Waals surface area contributed by atoms with Gasteiger partial charge >= 0.3 is 0 Å². The maximum atomic E-state index is 14.1. The first kappa shape index (κ1) is 18.4. The van der Waals surface area contributed by atoms with Crippen molar-refractivity contribution in [3.8, 4) is 5.75 Å². The van der Waals surface area contributed by atoms with Crippen LogP contribution in [0.3, 0.4) is 0 Å². The SMILES string of the molecule is COc1cccc(F)c1C(N)CCN(Cc1ccccc1)C(C)C. The minimum Gasteiger partial charge on any atom is -0.496 e. The molecule has 3 nitrogen and oxygen atoms in total. The van der Waals surface area contributed by atoms with Gasteiger partial charge in [-0.2, -0.15) is 0 Å². The van der Waals surface area contributed by atoms with Gasteiger partial charge in [-0.3, -0.25) is 4.90 Å². The fourth-order valence-electron chi connectivity index (χ4n) is 2.84. The Morgan fingerprint density at radius 2 is 1.79 bits per heavy atom. The van der Waals surface area contributed by atoms with Crippen molar-refractivity contribution < 1.29 is 9.13 Å². The molecule has 1 unspecified atom stereocenters. The van der Waals surface area contributed by atoms with Crippen molar-refractivity contribution >= 4 is 0 Å². The zero-order valence-electron chi connectivity index (χ0n) is 14.7. The predicted molar refractivity (Wildman–Crippen MR) is 96.5 cm³/mol. The molecule has 0 aliphatic rings. The van der Waals surface area contributed by atoms with E-state index in [1.807, 2.05) is 18.2 Å². The molecule has 2 N–H and O–H groups in total. The summed E-state index contributed by atoms with van der Waals surface area (Å²) >= 11 is 0. The summed E-state index contributed by atoms with van der Waals surface area (Å²) in [7, 11) is 1.54. The second-order valence-electron chi connectivity index (χ2n) is 6.30. The molecule has 2 aromatic rings. The predicted octanol–water partition coefficient (Wildman–Crippen LogP) is 4.13. The van der Waals surface area contributed by atoms with Crippen LogP contribution in [0.1, 0.15) is 37.4 Å². The second-order valence-corrected chi connectivity index (χ2v) is 6.30. The highest BCUT2D eigenvalue weighted by molar-refractivity contribution is 5.37. The molecule has 2 rings (SSSR count). The fourth-order valence-corrected chi connectivity index (χ4v) is 2.84. The zero-order chi connectivity index (χ0) is 17.5. The normalized spacial score (nSPS) is 12.6. The smallest absolute Gasteiger partial charge is 0.131 e. The Kier molecular flexibility index (Phi) is 6.76. The quantitative estimate of drug-likeness (QED) is 0.791. The molecule has 0 heterocycles. The van der Waals surface area contributed by atoms with Crippen molar-refractivity contribution in [1.29, 1.82) is 0 Å². The maximum absolute atomic E-state index is 14.1. The van der Waals surface area contributed by atoms with E-state index in [0.717, 1.165) is 13.1 Å². The van der Waals surface area contributed by atoms with Gasteiger partial charge in [-0.05, 0) is 38.0 Å². The van der Waals surface area contributed by atoms with Crippen molar-refractivity contribution in [2.45, 2.75) is 38.9 Å². The monoisotopic (exact) mass is 330 g/mol. The van der Waals surface area contributed by atoms with E-state index in [1.165, 1.54) is 11.6 Å². The fraction of sp³-hybridized carbons (Fsp3) is 0.400. The van der Waals surface area contributed by atoms with E-state index in [-0.39, 0.29) is 5.82 Å². The van der Waals surface area contributed by atoms with E-state index in [0.29, 0.717) is 23.8 Å². The standard InChI is InChI=1S/C20H27FN2O/c1-15(2)23(14-16-8-5-4-6-9-16)13-12-18(22)20-17(21)10-7-11-19(20)24-3/h4-11,15,18H,12-14,22H2,1-3H3. The minimum absolute atomic E-state index is 0.305. The van der Waals surface area contributed by atoms with E-state index in [9.17, 15) is 4.39 Å². The molecule has 0 saturated carbocycles. The Bertz CT molecular complexity index is 631. The van der Waals surface area contributed by atoms with Crippen LogP contribution in [0.2, 0.25) is 0 Å². The van der Waals surface area contributed by atoms with Crippen molar-refractivity contribution in [1.82, 2.24) is 4.90 Å². The highest BCUT2D eigenvalue weighted by Crippen LogP contribution is 2.28. The first-order valence-corrected chi connectivity index (χ1v) is 8.39. The highest BCUT2D eigenvalue weighted by Gasteiger charge is 2.19. The third-order valence-corrected chi connectivity index (χ3v) is 4.29. The van der Waals surface area contributed by atoms with Gasteiger partial charge in [0.25, 0.3) is 0 Å². The van der Waals surface area contributed by atoms with Crippen LogP contribution in [0.15, 0.2) is 48.5 Å². The molecule has 130 valence electrons. The third kappa shape index (κ3) is 4.79. The van der Waals surface area contributed by atoms with E-state index >= 15 is 0 Å². The van der Waals surface area contributed by atoms with Gasteiger partial charge in [0.2, 0.25) is 0 Å². The number of nitrogens with zero attached hydrogens (tertiary/aromatic N) is 1. The third-order valence-electron chi connectivity index (χ3n) is 4.29. The molecule has 0 aliphatic heterocycles. The summed E-state index contributed by atoms with van der Waals surface area (Å²) in [5.41, 5.74) is 8.00. The Morgan fingerprint density at radius 3 is 2.42 bits per heavy atom. The van der Waals surface area contributed by atoms with E-state index in [4.69, 9.17) is 10.5 Å². The molecule has 0 aliphatic carbocycles.